The first-order chi connectivity index (χ1) is 16.6. The number of para-hydroxylation sites is 1. The highest BCUT2D eigenvalue weighted by Crippen LogP contribution is 2.32. The minimum absolute atomic E-state index is 0.00177. The summed E-state index contributed by atoms with van der Waals surface area (Å²) in [7, 11) is 1.61. The van der Waals surface area contributed by atoms with Crippen LogP contribution in [0.25, 0.3) is 21.2 Å². The molecule has 0 saturated carbocycles. The Morgan fingerprint density at radius 3 is 2.82 bits per heavy atom. The van der Waals surface area contributed by atoms with Gasteiger partial charge >= 0.3 is 5.63 Å². The fourth-order valence-electron chi connectivity index (χ4n) is 4.05. The van der Waals surface area contributed by atoms with Crippen molar-refractivity contribution in [1.82, 2.24) is 9.88 Å². The smallest absolute Gasteiger partial charge is 0.349 e. The molecule has 176 valence electrons. The zero-order chi connectivity index (χ0) is 23.5. The van der Waals surface area contributed by atoms with Crippen LogP contribution in [0.3, 0.4) is 0 Å². The molecule has 34 heavy (non-hydrogen) atoms. The van der Waals surface area contributed by atoms with Crippen LogP contribution in [-0.2, 0) is 4.74 Å². The number of morpholine rings is 1. The van der Waals surface area contributed by atoms with Gasteiger partial charge in [-0.05, 0) is 36.8 Å². The maximum absolute atomic E-state index is 13.7. The van der Waals surface area contributed by atoms with Crippen molar-refractivity contribution in [3.8, 4) is 5.75 Å². The number of benzene rings is 2. The number of hydrogen-bond acceptors (Lipinski definition) is 8. The molecule has 0 aliphatic carbocycles. The molecule has 9 heteroatoms. The molecular weight excluding hydrogens is 454 g/mol. The molecule has 0 radical (unpaired) electrons. The summed E-state index contributed by atoms with van der Waals surface area (Å²) in [6.07, 6.45) is 0.740. The number of fused-ring (bicyclic) bond motifs is 2. The average Bonchev–Trinajstić information content (AvgIpc) is 3.29. The Morgan fingerprint density at radius 2 is 2.00 bits per heavy atom. The van der Waals surface area contributed by atoms with Crippen molar-refractivity contribution < 1.29 is 18.7 Å². The molecule has 3 heterocycles. The third-order valence-corrected chi connectivity index (χ3v) is 6.93. The van der Waals surface area contributed by atoms with Crippen LogP contribution in [-0.4, -0.2) is 62.3 Å². The molecule has 0 bridgehead atoms. The minimum atomic E-state index is -0.648. The Hall–Kier alpha value is -3.27. The van der Waals surface area contributed by atoms with E-state index in [1.54, 1.807) is 30.2 Å². The average molecular weight is 480 g/mol. The van der Waals surface area contributed by atoms with E-state index in [4.69, 9.17) is 18.9 Å². The summed E-state index contributed by atoms with van der Waals surface area (Å²) >= 11 is 1.40. The lowest BCUT2D eigenvalue weighted by Crippen LogP contribution is -2.40. The summed E-state index contributed by atoms with van der Waals surface area (Å²) in [5, 5.41) is 1.25. The van der Waals surface area contributed by atoms with Gasteiger partial charge in [-0.15, -0.1) is 0 Å². The van der Waals surface area contributed by atoms with E-state index < -0.39 is 11.5 Å². The van der Waals surface area contributed by atoms with Gasteiger partial charge < -0.3 is 13.9 Å². The number of aromatic nitrogens is 1. The topological polar surface area (TPSA) is 85.1 Å². The lowest BCUT2D eigenvalue weighted by atomic mass is 10.1. The van der Waals surface area contributed by atoms with E-state index in [-0.39, 0.29) is 5.56 Å². The van der Waals surface area contributed by atoms with Crippen LogP contribution in [0.5, 0.6) is 5.75 Å². The maximum Gasteiger partial charge on any atom is 0.349 e. The number of hydrogen-bond donors (Lipinski definition) is 0. The van der Waals surface area contributed by atoms with Crippen LogP contribution < -0.4 is 15.3 Å². The van der Waals surface area contributed by atoms with Gasteiger partial charge in [0.25, 0.3) is 5.91 Å². The summed E-state index contributed by atoms with van der Waals surface area (Å²) in [5.41, 5.74) is 0.582. The Morgan fingerprint density at radius 1 is 1.18 bits per heavy atom. The Bertz CT molecular complexity index is 1380. The minimum Gasteiger partial charge on any atom is -0.497 e. The molecule has 2 aromatic carbocycles. The molecule has 2 aromatic heterocycles. The van der Waals surface area contributed by atoms with Gasteiger partial charge in [-0.1, -0.05) is 29.5 Å². The van der Waals surface area contributed by atoms with Crippen LogP contribution in [0.1, 0.15) is 16.8 Å². The van der Waals surface area contributed by atoms with Crippen molar-refractivity contribution in [3.05, 3.63) is 64.5 Å². The second kappa shape index (κ2) is 9.92. The van der Waals surface area contributed by atoms with Gasteiger partial charge in [0.1, 0.15) is 16.9 Å². The summed E-state index contributed by atoms with van der Waals surface area (Å²) in [5.74, 6) is 0.315. The standard InChI is InChI=1S/C25H25N3O5S/c1-31-18-7-8-20-22(16-18)34-25(26-20)28(10-4-9-27-11-13-32-14-12-27)23(29)19-15-17-5-2-3-6-21(17)33-24(19)30/h2-3,5-8,15-16H,4,9-14H2,1H3. The van der Waals surface area contributed by atoms with Gasteiger partial charge in [0.15, 0.2) is 5.13 Å². The highest BCUT2D eigenvalue weighted by molar-refractivity contribution is 7.22. The molecular formula is C25H25N3O5S. The molecule has 8 nitrogen and oxygen atoms in total. The van der Waals surface area contributed by atoms with E-state index in [9.17, 15) is 9.59 Å². The van der Waals surface area contributed by atoms with Gasteiger partial charge in [-0.3, -0.25) is 14.6 Å². The lowest BCUT2D eigenvalue weighted by Gasteiger charge is -2.27. The zero-order valence-electron chi connectivity index (χ0n) is 18.9. The Balaban J connectivity index is 1.47. The number of rotatable bonds is 7. The Kier molecular flexibility index (Phi) is 6.57. The van der Waals surface area contributed by atoms with E-state index in [2.05, 4.69) is 4.90 Å². The number of nitrogens with zero attached hydrogens (tertiary/aromatic N) is 3. The molecule has 1 amide bonds. The lowest BCUT2D eigenvalue weighted by molar-refractivity contribution is 0.0376. The number of thiazole rings is 1. The van der Waals surface area contributed by atoms with E-state index >= 15 is 0 Å². The number of anilines is 1. The first-order valence-corrected chi connectivity index (χ1v) is 12.0. The number of ether oxygens (including phenoxy) is 2. The van der Waals surface area contributed by atoms with Crippen LogP contribution in [0, 0.1) is 0 Å². The van der Waals surface area contributed by atoms with E-state index in [0.717, 1.165) is 55.2 Å². The van der Waals surface area contributed by atoms with Crippen molar-refractivity contribution in [3.63, 3.8) is 0 Å². The second-order valence-electron chi connectivity index (χ2n) is 8.08. The fourth-order valence-corrected chi connectivity index (χ4v) is 5.07. The molecule has 1 aliphatic rings. The van der Waals surface area contributed by atoms with Crippen LogP contribution in [0.15, 0.2) is 57.7 Å². The molecule has 0 unspecified atom stereocenters. The highest BCUT2D eigenvalue weighted by Gasteiger charge is 2.25. The van der Waals surface area contributed by atoms with Gasteiger partial charge in [0.05, 0.1) is 30.5 Å². The molecule has 4 aromatic rings. The zero-order valence-corrected chi connectivity index (χ0v) is 19.7. The summed E-state index contributed by atoms with van der Waals surface area (Å²) < 4.78 is 17.1. The van der Waals surface area contributed by atoms with Crippen molar-refractivity contribution >= 4 is 43.6 Å². The van der Waals surface area contributed by atoms with Crippen LogP contribution in [0.2, 0.25) is 0 Å². The monoisotopic (exact) mass is 479 g/mol. The van der Waals surface area contributed by atoms with E-state index in [0.29, 0.717) is 22.6 Å². The van der Waals surface area contributed by atoms with Crippen molar-refractivity contribution in [2.45, 2.75) is 6.42 Å². The molecule has 0 atom stereocenters. The third kappa shape index (κ3) is 4.68. The normalized spacial score (nSPS) is 14.5. The summed E-state index contributed by atoms with van der Waals surface area (Å²) in [6, 6.07) is 14.4. The van der Waals surface area contributed by atoms with Crippen molar-refractivity contribution in [1.29, 1.82) is 0 Å². The molecule has 1 saturated heterocycles. The van der Waals surface area contributed by atoms with Gasteiger partial charge in [-0.2, -0.15) is 0 Å². The van der Waals surface area contributed by atoms with Gasteiger partial charge in [-0.25, -0.2) is 9.78 Å². The first kappa shape index (κ1) is 22.5. The number of carbonyl (C=O) groups is 1. The molecule has 0 spiro atoms. The number of carbonyl (C=O) groups excluding carboxylic acids is 1. The third-order valence-electron chi connectivity index (χ3n) is 5.89. The maximum atomic E-state index is 13.7. The molecule has 1 aliphatic heterocycles. The first-order valence-electron chi connectivity index (χ1n) is 11.2. The number of methoxy groups -OCH3 is 1. The van der Waals surface area contributed by atoms with Crippen molar-refractivity contribution in [2.75, 3.05) is 51.4 Å². The van der Waals surface area contributed by atoms with E-state index in [1.165, 1.54) is 11.3 Å². The summed E-state index contributed by atoms with van der Waals surface area (Å²) in [6.45, 7) is 4.46. The van der Waals surface area contributed by atoms with Crippen LogP contribution >= 0.6 is 11.3 Å². The van der Waals surface area contributed by atoms with Gasteiger partial charge in [0, 0.05) is 31.6 Å². The molecule has 0 N–H and O–H groups in total. The van der Waals surface area contributed by atoms with Crippen LogP contribution in [0.4, 0.5) is 5.13 Å². The quantitative estimate of drug-likeness (QED) is 0.373. The predicted octanol–water partition coefficient (Wildman–Crippen LogP) is 3.78. The highest BCUT2D eigenvalue weighted by atomic mass is 32.1. The molecule has 5 rings (SSSR count). The van der Waals surface area contributed by atoms with E-state index in [1.807, 2.05) is 30.3 Å². The SMILES string of the molecule is COc1ccc2nc(N(CCCN3CCOCC3)C(=O)c3cc4ccccc4oc3=O)sc2c1. The molecule has 1 fully saturated rings. The van der Waals surface area contributed by atoms with Crippen molar-refractivity contribution in [2.24, 2.45) is 0 Å². The predicted molar refractivity (Wildman–Crippen MR) is 132 cm³/mol. The fraction of sp³-hybridized carbons (Fsp3) is 0.320. The Labute approximate surface area is 200 Å². The number of amides is 1. The second-order valence-corrected chi connectivity index (χ2v) is 9.09. The van der Waals surface area contributed by atoms with Gasteiger partial charge in [0.2, 0.25) is 0 Å². The largest absolute Gasteiger partial charge is 0.497 e. The summed E-state index contributed by atoms with van der Waals surface area (Å²) in [4.78, 5) is 35.0.